The van der Waals surface area contributed by atoms with E-state index in [2.05, 4.69) is 15.3 Å². The molecule has 0 spiro atoms. The van der Waals surface area contributed by atoms with Gasteiger partial charge in [-0.25, -0.2) is 4.98 Å². The molecule has 0 saturated carbocycles. The zero-order valence-electron chi connectivity index (χ0n) is 6.72. The third kappa shape index (κ3) is 1.98. The predicted octanol–water partition coefficient (Wildman–Crippen LogP) is 0.687. The minimum atomic E-state index is -0.161. The van der Waals surface area contributed by atoms with Crippen LogP contribution in [0.4, 0.5) is 0 Å². The summed E-state index contributed by atoms with van der Waals surface area (Å²) < 4.78 is 0. The van der Waals surface area contributed by atoms with Gasteiger partial charge in [0.1, 0.15) is 5.69 Å². The van der Waals surface area contributed by atoms with Gasteiger partial charge < -0.3 is 10.3 Å². The number of hydrogen-bond donors (Lipinski definition) is 2. The van der Waals surface area contributed by atoms with E-state index in [0.717, 1.165) is 0 Å². The Balaban J connectivity index is 2.59. The second-order valence-electron chi connectivity index (χ2n) is 2.31. The molecule has 1 aromatic heterocycles. The van der Waals surface area contributed by atoms with Crippen LogP contribution in [0.5, 0.6) is 0 Å². The first-order chi connectivity index (χ1) is 5.75. The van der Waals surface area contributed by atoms with Gasteiger partial charge >= 0.3 is 0 Å². The van der Waals surface area contributed by atoms with Crippen molar-refractivity contribution in [2.45, 2.75) is 6.92 Å². The highest BCUT2D eigenvalue weighted by Crippen LogP contribution is 1.98. The molecule has 0 aliphatic carbocycles. The summed E-state index contributed by atoms with van der Waals surface area (Å²) in [5, 5.41) is 2.63. The van der Waals surface area contributed by atoms with Gasteiger partial charge in [0.25, 0.3) is 5.91 Å². The number of aryl methyl sites for hydroxylation is 1. The van der Waals surface area contributed by atoms with Gasteiger partial charge in [-0.1, -0.05) is 0 Å². The zero-order chi connectivity index (χ0) is 8.97. The fourth-order valence-corrected chi connectivity index (χ4v) is 0.936. The van der Waals surface area contributed by atoms with E-state index in [1.165, 1.54) is 6.33 Å². The second-order valence-corrected chi connectivity index (χ2v) is 2.69. The lowest BCUT2D eigenvalue weighted by Crippen LogP contribution is -2.26. The van der Waals surface area contributed by atoms with Crippen molar-refractivity contribution in [2.24, 2.45) is 0 Å². The number of rotatable bonds is 3. The van der Waals surface area contributed by atoms with Crippen LogP contribution in [0.3, 0.4) is 0 Å². The van der Waals surface area contributed by atoms with Crippen LogP contribution in [0.1, 0.15) is 16.2 Å². The Morgan fingerprint density at radius 1 is 1.83 bits per heavy atom. The molecule has 1 heterocycles. The number of H-pyrrole nitrogens is 1. The molecule has 0 bridgehead atoms. The van der Waals surface area contributed by atoms with Crippen LogP contribution in [0, 0.1) is 6.92 Å². The van der Waals surface area contributed by atoms with E-state index >= 15 is 0 Å². The highest BCUT2D eigenvalue weighted by Gasteiger charge is 2.09. The van der Waals surface area contributed by atoms with Crippen molar-refractivity contribution in [1.29, 1.82) is 0 Å². The van der Waals surface area contributed by atoms with E-state index in [4.69, 9.17) is 11.6 Å². The molecule has 0 aliphatic rings. The maximum atomic E-state index is 11.2. The van der Waals surface area contributed by atoms with Gasteiger partial charge in [0.05, 0.1) is 12.0 Å². The number of carbonyl (C=O) groups is 1. The zero-order valence-corrected chi connectivity index (χ0v) is 7.48. The van der Waals surface area contributed by atoms with Crippen molar-refractivity contribution in [3.8, 4) is 0 Å². The van der Waals surface area contributed by atoms with Crippen molar-refractivity contribution in [1.82, 2.24) is 15.3 Å². The maximum absolute atomic E-state index is 11.2. The topological polar surface area (TPSA) is 57.8 Å². The Kier molecular flexibility index (Phi) is 3.10. The molecule has 0 radical (unpaired) electrons. The van der Waals surface area contributed by atoms with Crippen LogP contribution >= 0.6 is 11.6 Å². The Hall–Kier alpha value is -1.03. The van der Waals surface area contributed by atoms with E-state index in [0.29, 0.717) is 23.8 Å². The summed E-state index contributed by atoms with van der Waals surface area (Å²) in [7, 11) is 0. The summed E-state index contributed by atoms with van der Waals surface area (Å²) in [6, 6.07) is 0. The van der Waals surface area contributed by atoms with Crippen molar-refractivity contribution in [3.05, 3.63) is 17.7 Å². The number of aromatic amines is 1. The molecule has 0 unspecified atom stereocenters. The van der Waals surface area contributed by atoms with Gasteiger partial charge in [0.15, 0.2) is 0 Å². The van der Waals surface area contributed by atoms with Crippen molar-refractivity contribution in [3.63, 3.8) is 0 Å². The van der Waals surface area contributed by atoms with Gasteiger partial charge in [-0.2, -0.15) is 0 Å². The molecule has 5 heteroatoms. The van der Waals surface area contributed by atoms with Gasteiger partial charge in [-0.3, -0.25) is 4.79 Å². The van der Waals surface area contributed by atoms with Crippen LogP contribution in [-0.2, 0) is 0 Å². The number of aromatic nitrogens is 2. The molecule has 1 rings (SSSR count). The molecule has 66 valence electrons. The first-order valence-electron chi connectivity index (χ1n) is 3.60. The Morgan fingerprint density at radius 3 is 3.08 bits per heavy atom. The Labute approximate surface area is 75.3 Å². The molecule has 2 N–H and O–H groups in total. The molecule has 12 heavy (non-hydrogen) atoms. The van der Waals surface area contributed by atoms with E-state index in [1.54, 1.807) is 6.92 Å². The van der Waals surface area contributed by atoms with Gasteiger partial charge in [-0.05, 0) is 6.92 Å². The number of nitrogens with zero attached hydrogens (tertiary/aromatic N) is 1. The molecule has 0 saturated heterocycles. The third-order valence-electron chi connectivity index (χ3n) is 1.44. The number of alkyl halides is 1. The molecular weight excluding hydrogens is 178 g/mol. The van der Waals surface area contributed by atoms with Crippen LogP contribution in [0.2, 0.25) is 0 Å². The monoisotopic (exact) mass is 187 g/mol. The summed E-state index contributed by atoms with van der Waals surface area (Å²) in [5.41, 5.74) is 1.20. The van der Waals surface area contributed by atoms with Crippen molar-refractivity contribution < 1.29 is 4.79 Å². The van der Waals surface area contributed by atoms with Gasteiger partial charge in [0.2, 0.25) is 0 Å². The first-order valence-corrected chi connectivity index (χ1v) is 4.13. The third-order valence-corrected chi connectivity index (χ3v) is 1.62. The number of halogens is 1. The molecule has 0 fully saturated rings. The number of imidazole rings is 1. The van der Waals surface area contributed by atoms with Crippen LogP contribution in [0.25, 0.3) is 0 Å². The van der Waals surface area contributed by atoms with Crippen molar-refractivity contribution >= 4 is 17.5 Å². The van der Waals surface area contributed by atoms with E-state index in [-0.39, 0.29) is 5.91 Å². The standard InChI is InChI=1S/C7H10ClN3O/c1-5-6(11-4-10-5)7(12)9-3-2-8/h4H,2-3H2,1H3,(H,9,12)(H,10,11). The lowest BCUT2D eigenvalue weighted by Gasteiger charge is -1.99. The molecule has 1 aromatic rings. The van der Waals surface area contributed by atoms with Crippen molar-refractivity contribution in [2.75, 3.05) is 12.4 Å². The average Bonchev–Trinajstić information content (AvgIpc) is 2.47. The normalized spacial score (nSPS) is 9.83. The fraction of sp³-hybridized carbons (Fsp3) is 0.429. The average molecular weight is 188 g/mol. The molecule has 0 atom stereocenters. The predicted molar refractivity (Wildman–Crippen MR) is 46.4 cm³/mol. The Bertz CT molecular complexity index is 271. The SMILES string of the molecule is Cc1nc[nH]c1C(=O)NCCCl. The van der Waals surface area contributed by atoms with Crippen LogP contribution < -0.4 is 5.32 Å². The van der Waals surface area contributed by atoms with Gasteiger partial charge in [0, 0.05) is 12.4 Å². The summed E-state index contributed by atoms with van der Waals surface area (Å²) in [6.45, 7) is 2.24. The quantitative estimate of drug-likeness (QED) is 0.684. The number of hydrogen-bond acceptors (Lipinski definition) is 2. The minimum absolute atomic E-state index is 0.161. The summed E-state index contributed by atoms with van der Waals surface area (Å²) in [4.78, 5) is 17.9. The lowest BCUT2D eigenvalue weighted by molar-refractivity contribution is 0.0951. The minimum Gasteiger partial charge on any atom is -0.350 e. The molecular formula is C7H10ClN3O. The van der Waals surface area contributed by atoms with Crippen LogP contribution in [-0.4, -0.2) is 28.3 Å². The number of nitrogens with one attached hydrogen (secondary N) is 2. The van der Waals surface area contributed by atoms with E-state index < -0.39 is 0 Å². The van der Waals surface area contributed by atoms with E-state index in [9.17, 15) is 4.79 Å². The second kappa shape index (κ2) is 4.11. The summed E-state index contributed by atoms with van der Waals surface area (Å²) in [5.74, 6) is 0.254. The molecule has 0 aromatic carbocycles. The van der Waals surface area contributed by atoms with E-state index in [1.807, 2.05) is 0 Å². The summed E-state index contributed by atoms with van der Waals surface area (Å²) >= 11 is 5.41. The Morgan fingerprint density at radius 2 is 2.58 bits per heavy atom. The maximum Gasteiger partial charge on any atom is 0.269 e. The highest BCUT2D eigenvalue weighted by atomic mass is 35.5. The largest absolute Gasteiger partial charge is 0.350 e. The molecule has 0 aliphatic heterocycles. The van der Waals surface area contributed by atoms with Crippen LogP contribution in [0.15, 0.2) is 6.33 Å². The summed E-state index contributed by atoms with van der Waals surface area (Å²) in [6.07, 6.45) is 1.49. The van der Waals surface area contributed by atoms with Gasteiger partial charge in [-0.15, -0.1) is 11.6 Å². The molecule has 1 amide bonds. The first kappa shape index (κ1) is 9.06. The highest BCUT2D eigenvalue weighted by molar-refractivity contribution is 6.18. The molecule has 4 nitrogen and oxygen atoms in total. The number of amides is 1. The lowest BCUT2D eigenvalue weighted by atomic mass is 10.3. The fourth-order valence-electron chi connectivity index (χ4n) is 0.842. The number of carbonyl (C=O) groups excluding carboxylic acids is 1. The smallest absolute Gasteiger partial charge is 0.269 e.